The molecule has 2 aromatic rings. The maximum absolute atomic E-state index is 13.4. The molecule has 0 aliphatic carbocycles. The van der Waals surface area contributed by atoms with Crippen molar-refractivity contribution in [3.63, 3.8) is 0 Å². The summed E-state index contributed by atoms with van der Waals surface area (Å²) in [5.41, 5.74) is 3.00. The number of benzene rings is 1. The molecule has 0 unspecified atom stereocenters. The van der Waals surface area contributed by atoms with Crippen LogP contribution >= 0.6 is 0 Å². The number of methoxy groups -OCH3 is 1. The second kappa shape index (κ2) is 5.60. The van der Waals surface area contributed by atoms with Crippen LogP contribution in [0.1, 0.15) is 20.0 Å². The molecule has 0 bridgehead atoms. The van der Waals surface area contributed by atoms with Gasteiger partial charge in [0.25, 0.3) is 0 Å². The van der Waals surface area contributed by atoms with Crippen LogP contribution in [0, 0.1) is 12.7 Å². The van der Waals surface area contributed by atoms with E-state index in [1.807, 2.05) is 6.08 Å². The summed E-state index contributed by atoms with van der Waals surface area (Å²) in [4.78, 5) is 12.1. The Morgan fingerprint density at radius 3 is 2.95 bits per heavy atom. The summed E-state index contributed by atoms with van der Waals surface area (Å²) >= 11 is 0.192. The zero-order valence-electron chi connectivity index (χ0n) is 11.7. The van der Waals surface area contributed by atoms with Gasteiger partial charge in [0.1, 0.15) is 0 Å². The molecule has 1 aliphatic heterocycles. The molecular formula is C16H14FNO2Se. The van der Waals surface area contributed by atoms with Crippen LogP contribution < -0.4 is 5.32 Å². The number of nitrogens with one attached hydrogen (secondary N) is 1. The molecule has 1 aromatic carbocycles. The van der Waals surface area contributed by atoms with Crippen LogP contribution in [0.4, 0.5) is 10.1 Å². The molecule has 108 valence electrons. The van der Waals surface area contributed by atoms with E-state index in [0.717, 1.165) is 4.44 Å². The van der Waals surface area contributed by atoms with Crippen molar-refractivity contribution in [2.45, 2.75) is 13.5 Å². The summed E-state index contributed by atoms with van der Waals surface area (Å²) in [6.45, 7) is 2.66. The van der Waals surface area contributed by atoms with E-state index in [9.17, 15) is 9.18 Å². The van der Waals surface area contributed by atoms with Gasteiger partial charge in [-0.2, -0.15) is 0 Å². The fraction of sp³-hybridized carbons (Fsp3) is 0.188. The van der Waals surface area contributed by atoms with E-state index in [0.29, 0.717) is 23.4 Å². The van der Waals surface area contributed by atoms with Crippen molar-refractivity contribution in [3.8, 4) is 0 Å². The van der Waals surface area contributed by atoms with Gasteiger partial charge < -0.3 is 0 Å². The van der Waals surface area contributed by atoms with Crippen LogP contribution in [0.3, 0.4) is 0 Å². The number of hydrogen-bond donors (Lipinski definition) is 1. The number of anilines is 1. The monoisotopic (exact) mass is 351 g/mol. The molecule has 0 spiro atoms. The number of fused-ring (bicyclic) bond motifs is 1. The zero-order valence-corrected chi connectivity index (χ0v) is 13.4. The van der Waals surface area contributed by atoms with Gasteiger partial charge in [-0.1, -0.05) is 0 Å². The van der Waals surface area contributed by atoms with E-state index in [1.54, 1.807) is 13.2 Å². The quantitative estimate of drug-likeness (QED) is 0.683. The Hall–Kier alpha value is -1.68. The summed E-state index contributed by atoms with van der Waals surface area (Å²) in [7, 11) is 1.67. The van der Waals surface area contributed by atoms with Crippen molar-refractivity contribution >= 4 is 37.7 Å². The summed E-state index contributed by atoms with van der Waals surface area (Å²) < 4.78 is 21.0. The van der Waals surface area contributed by atoms with Crippen molar-refractivity contribution in [2.75, 3.05) is 12.4 Å². The number of rotatable bonds is 3. The van der Waals surface area contributed by atoms with E-state index < -0.39 is 0 Å². The third-order valence-electron chi connectivity index (χ3n) is 3.39. The molecule has 1 aliphatic rings. The summed E-state index contributed by atoms with van der Waals surface area (Å²) in [6, 6.07) is 6.41. The molecule has 0 saturated heterocycles. The predicted molar refractivity (Wildman–Crippen MR) is 81.7 cm³/mol. The second-order valence-corrected chi connectivity index (χ2v) is 7.57. The number of hydrogen-bond acceptors (Lipinski definition) is 2. The third kappa shape index (κ3) is 2.72. The van der Waals surface area contributed by atoms with Gasteiger partial charge in [-0.05, 0) is 0 Å². The number of ether oxygens (including phenoxy) is 1. The average molecular weight is 350 g/mol. The molecule has 5 heteroatoms. The fourth-order valence-corrected chi connectivity index (χ4v) is 4.42. The first-order valence-electron chi connectivity index (χ1n) is 6.49. The molecular weight excluding hydrogens is 336 g/mol. The Labute approximate surface area is 128 Å². The zero-order chi connectivity index (χ0) is 15.0. The van der Waals surface area contributed by atoms with Gasteiger partial charge in [-0.15, -0.1) is 0 Å². The second-order valence-electron chi connectivity index (χ2n) is 4.87. The van der Waals surface area contributed by atoms with Crippen LogP contribution in [0.25, 0.3) is 11.6 Å². The Morgan fingerprint density at radius 1 is 1.38 bits per heavy atom. The number of halogens is 1. The maximum atomic E-state index is 13.4. The van der Waals surface area contributed by atoms with Gasteiger partial charge in [0.15, 0.2) is 0 Å². The van der Waals surface area contributed by atoms with Crippen molar-refractivity contribution in [1.29, 1.82) is 0 Å². The van der Waals surface area contributed by atoms with Gasteiger partial charge >= 0.3 is 128 Å². The molecule has 0 radical (unpaired) electrons. The van der Waals surface area contributed by atoms with E-state index in [4.69, 9.17) is 4.74 Å². The SMILES string of the molecule is COCc1cc(C=C2C(=O)Nc3ccc(F)cc32)[se]c1C. The summed E-state index contributed by atoms with van der Waals surface area (Å²) in [6.07, 6.45) is 1.87. The first-order chi connectivity index (χ1) is 10.1. The van der Waals surface area contributed by atoms with Crippen molar-refractivity contribution in [2.24, 2.45) is 0 Å². The predicted octanol–water partition coefficient (Wildman–Crippen LogP) is 2.83. The molecule has 0 fully saturated rings. The molecule has 1 aromatic heterocycles. The van der Waals surface area contributed by atoms with Crippen molar-refractivity contribution in [1.82, 2.24) is 0 Å². The normalized spacial score (nSPS) is 15.4. The summed E-state index contributed by atoms with van der Waals surface area (Å²) in [5.74, 6) is -0.512. The first-order valence-corrected chi connectivity index (χ1v) is 8.21. The number of amides is 1. The molecule has 0 atom stereocenters. The molecule has 0 saturated carbocycles. The van der Waals surface area contributed by atoms with Gasteiger partial charge in [-0.3, -0.25) is 0 Å². The Morgan fingerprint density at radius 2 is 2.19 bits per heavy atom. The standard InChI is InChI=1S/C16H14FNO2Se/c1-9-10(8-20-2)5-12(21-9)7-14-13-6-11(17)3-4-15(13)18-16(14)19/h3-7H,8H2,1-2H3,(H,18,19). The molecule has 1 amide bonds. The Kier molecular flexibility index (Phi) is 3.81. The van der Waals surface area contributed by atoms with Crippen LogP contribution in [0.15, 0.2) is 24.3 Å². The first kappa shape index (κ1) is 14.3. The third-order valence-corrected chi connectivity index (χ3v) is 5.57. The minimum absolute atomic E-state index is 0.176. The molecule has 3 nitrogen and oxygen atoms in total. The number of carbonyl (C=O) groups is 1. The van der Waals surface area contributed by atoms with Crippen LogP contribution in [0.2, 0.25) is 0 Å². The van der Waals surface area contributed by atoms with Crippen molar-refractivity contribution in [3.05, 3.63) is 50.1 Å². The van der Waals surface area contributed by atoms with Gasteiger partial charge in [0.2, 0.25) is 0 Å². The average Bonchev–Trinajstić information content (AvgIpc) is 2.93. The van der Waals surface area contributed by atoms with E-state index in [2.05, 4.69) is 18.3 Å². The van der Waals surface area contributed by atoms with E-state index in [1.165, 1.54) is 22.1 Å². The fourth-order valence-electron chi connectivity index (χ4n) is 2.36. The van der Waals surface area contributed by atoms with Crippen LogP contribution in [0.5, 0.6) is 0 Å². The Balaban J connectivity index is 2.02. The van der Waals surface area contributed by atoms with Crippen LogP contribution in [-0.2, 0) is 16.1 Å². The topological polar surface area (TPSA) is 38.3 Å². The Bertz CT molecular complexity index is 749. The van der Waals surface area contributed by atoms with Crippen molar-refractivity contribution < 1.29 is 13.9 Å². The molecule has 21 heavy (non-hydrogen) atoms. The van der Waals surface area contributed by atoms with Gasteiger partial charge in [0.05, 0.1) is 0 Å². The molecule has 2 heterocycles. The number of carbonyl (C=O) groups excluding carboxylic acids is 1. The summed E-state index contributed by atoms with van der Waals surface area (Å²) in [5, 5.41) is 2.76. The van der Waals surface area contributed by atoms with E-state index >= 15 is 0 Å². The van der Waals surface area contributed by atoms with E-state index in [-0.39, 0.29) is 26.2 Å². The molecule has 1 N–H and O–H groups in total. The number of aryl methyl sites for hydroxylation is 1. The van der Waals surface area contributed by atoms with Crippen LogP contribution in [-0.4, -0.2) is 27.5 Å². The van der Waals surface area contributed by atoms with Gasteiger partial charge in [0, 0.05) is 0 Å². The minimum atomic E-state index is -0.337. The molecule has 3 rings (SSSR count). The van der Waals surface area contributed by atoms with Gasteiger partial charge in [-0.25, -0.2) is 0 Å².